The molecule has 1 aliphatic heterocycles. The molecule has 5 heteroatoms. The number of hydrogen-bond donors (Lipinski definition) is 0. The van der Waals surface area contributed by atoms with Crippen LogP contribution < -0.4 is 9.64 Å². The summed E-state index contributed by atoms with van der Waals surface area (Å²) in [6.45, 7) is 3.06. The number of benzene rings is 2. The largest absolute Gasteiger partial charge is 0.482 e. The van der Waals surface area contributed by atoms with E-state index >= 15 is 0 Å². The molecule has 1 heterocycles. The van der Waals surface area contributed by atoms with Crippen LogP contribution in [0.25, 0.3) is 0 Å². The summed E-state index contributed by atoms with van der Waals surface area (Å²) in [5.41, 5.74) is 3.12. The molecule has 0 saturated heterocycles. The van der Waals surface area contributed by atoms with Gasteiger partial charge in [0.25, 0.3) is 5.91 Å². The van der Waals surface area contributed by atoms with Crippen molar-refractivity contribution in [2.75, 3.05) is 25.1 Å². The van der Waals surface area contributed by atoms with E-state index < -0.39 is 0 Å². The average molecular weight is 352 g/mol. The number of amides is 2. The summed E-state index contributed by atoms with van der Waals surface area (Å²) < 4.78 is 5.43. The predicted octanol–water partition coefficient (Wildman–Crippen LogP) is 3.02. The Morgan fingerprint density at radius 3 is 2.54 bits per heavy atom. The second-order valence-corrected chi connectivity index (χ2v) is 6.47. The van der Waals surface area contributed by atoms with E-state index in [1.165, 1.54) is 5.56 Å². The van der Waals surface area contributed by atoms with Crippen LogP contribution in [0.15, 0.2) is 48.5 Å². The Balaban J connectivity index is 1.58. The molecule has 26 heavy (non-hydrogen) atoms. The van der Waals surface area contributed by atoms with Crippen molar-refractivity contribution in [3.05, 3.63) is 59.7 Å². The Labute approximate surface area is 154 Å². The van der Waals surface area contributed by atoms with E-state index in [2.05, 4.69) is 31.2 Å². The van der Waals surface area contributed by atoms with Gasteiger partial charge in [0.2, 0.25) is 5.91 Å². The van der Waals surface area contributed by atoms with Gasteiger partial charge in [0.15, 0.2) is 6.61 Å². The van der Waals surface area contributed by atoms with E-state index in [1.54, 1.807) is 16.8 Å². The summed E-state index contributed by atoms with van der Waals surface area (Å²) in [5, 5.41) is 0. The van der Waals surface area contributed by atoms with Crippen LogP contribution in [-0.2, 0) is 22.6 Å². The van der Waals surface area contributed by atoms with Gasteiger partial charge in [0.05, 0.1) is 5.69 Å². The van der Waals surface area contributed by atoms with E-state index in [1.807, 2.05) is 24.3 Å². The van der Waals surface area contributed by atoms with E-state index in [9.17, 15) is 9.59 Å². The summed E-state index contributed by atoms with van der Waals surface area (Å²) in [7, 11) is 1.80. The highest BCUT2D eigenvalue weighted by Crippen LogP contribution is 2.31. The molecule has 5 nitrogen and oxygen atoms in total. The van der Waals surface area contributed by atoms with Crippen LogP contribution in [0, 0.1) is 0 Å². The van der Waals surface area contributed by atoms with Crippen LogP contribution in [0.3, 0.4) is 0 Å². The van der Waals surface area contributed by atoms with Crippen molar-refractivity contribution in [3.63, 3.8) is 0 Å². The van der Waals surface area contributed by atoms with Gasteiger partial charge in [0, 0.05) is 26.6 Å². The number of fused-ring (bicyclic) bond motifs is 1. The van der Waals surface area contributed by atoms with Crippen molar-refractivity contribution in [2.45, 2.75) is 26.3 Å². The van der Waals surface area contributed by atoms with Gasteiger partial charge in [-0.25, -0.2) is 0 Å². The number of nitrogens with zero attached hydrogens (tertiary/aromatic N) is 2. The van der Waals surface area contributed by atoms with Crippen LogP contribution >= 0.6 is 0 Å². The highest BCUT2D eigenvalue weighted by Gasteiger charge is 2.25. The fourth-order valence-electron chi connectivity index (χ4n) is 3.04. The summed E-state index contributed by atoms with van der Waals surface area (Å²) in [6, 6.07) is 15.7. The van der Waals surface area contributed by atoms with E-state index in [-0.39, 0.29) is 24.8 Å². The molecule has 2 amide bonds. The molecule has 0 atom stereocenters. The van der Waals surface area contributed by atoms with Crippen LogP contribution in [0.2, 0.25) is 0 Å². The highest BCUT2D eigenvalue weighted by molar-refractivity contribution is 5.98. The molecule has 0 N–H and O–H groups in total. The molecule has 0 spiro atoms. The van der Waals surface area contributed by atoms with Gasteiger partial charge in [-0.05, 0) is 29.7 Å². The maximum absolute atomic E-state index is 12.5. The number of para-hydroxylation sites is 2. The first-order valence-corrected chi connectivity index (χ1v) is 8.92. The molecule has 0 aromatic heterocycles. The van der Waals surface area contributed by atoms with Crippen molar-refractivity contribution in [2.24, 2.45) is 0 Å². The summed E-state index contributed by atoms with van der Waals surface area (Å²) in [5.74, 6) is 0.583. The summed E-state index contributed by atoms with van der Waals surface area (Å²) in [4.78, 5) is 28.0. The molecule has 0 radical (unpaired) electrons. The Hall–Kier alpha value is -2.82. The highest BCUT2D eigenvalue weighted by atomic mass is 16.5. The molecular formula is C21H24N2O3. The zero-order valence-electron chi connectivity index (χ0n) is 15.3. The SMILES string of the molecule is CCc1ccc(CN(C)C(=O)CCN2C(=O)COc3ccccc32)cc1. The lowest BCUT2D eigenvalue weighted by molar-refractivity contribution is -0.130. The van der Waals surface area contributed by atoms with Gasteiger partial charge in [-0.1, -0.05) is 43.3 Å². The van der Waals surface area contributed by atoms with Gasteiger partial charge >= 0.3 is 0 Å². The number of carbonyl (C=O) groups excluding carboxylic acids is 2. The second-order valence-electron chi connectivity index (χ2n) is 6.47. The summed E-state index contributed by atoms with van der Waals surface area (Å²) in [6.07, 6.45) is 1.29. The maximum Gasteiger partial charge on any atom is 0.265 e. The fourth-order valence-corrected chi connectivity index (χ4v) is 3.04. The molecule has 0 unspecified atom stereocenters. The van der Waals surface area contributed by atoms with E-state index in [0.29, 0.717) is 18.8 Å². The van der Waals surface area contributed by atoms with Gasteiger partial charge in [-0.3, -0.25) is 9.59 Å². The van der Waals surface area contributed by atoms with Crippen LogP contribution in [0.5, 0.6) is 5.75 Å². The quantitative estimate of drug-likeness (QED) is 0.803. The molecule has 0 bridgehead atoms. The Bertz CT molecular complexity index is 786. The molecule has 0 fully saturated rings. The van der Waals surface area contributed by atoms with Crippen LogP contribution in [0.1, 0.15) is 24.5 Å². The van der Waals surface area contributed by atoms with Crippen molar-refractivity contribution >= 4 is 17.5 Å². The lowest BCUT2D eigenvalue weighted by atomic mass is 10.1. The smallest absolute Gasteiger partial charge is 0.265 e. The third-order valence-electron chi connectivity index (χ3n) is 4.63. The Morgan fingerprint density at radius 1 is 1.12 bits per heavy atom. The maximum atomic E-state index is 12.5. The third-order valence-corrected chi connectivity index (χ3v) is 4.63. The van der Waals surface area contributed by atoms with Gasteiger partial charge in [0.1, 0.15) is 5.75 Å². The number of aryl methyl sites for hydroxylation is 1. The molecule has 2 aromatic carbocycles. The van der Waals surface area contributed by atoms with Crippen molar-refractivity contribution in [3.8, 4) is 5.75 Å². The zero-order valence-corrected chi connectivity index (χ0v) is 15.3. The minimum atomic E-state index is -0.116. The normalized spacial score (nSPS) is 13.2. The van der Waals surface area contributed by atoms with Gasteiger partial charge in [-0.15, -0.1) is 0 Å². The molecule has 1 aliphatic rings. The van der Waals surface area contributed by atoms with Gasteiger partial charge < -0.3 is 14.5 Å². The van der Waals surface area contributed by atoms with E-state index in [4.69, 9.17) is 4.74 Å². The molecule has 2 aromatic rings. The summed E-state index contributed by atoms with van der Waals surface area (Å²) >= 11 is 0. The number of hydrogen-bond acceptors (Lipinski definition) is 3. The topological polar surface area (TPSA) is 49.9 Å². The molecule has 136 valence electrons. The number of rotatable bonds is 6. The minimum Gasteiger partial charge on any atom is -0.482 e. The van der Waals surface area contributed by atoms with Crippen molar-refractivity contribution < 1.29 is 14.3 Å². The third kappa shape index (κ3) is 4.04. The lowest BCUT2D eigenvalue weighted by Crippen LogP contribution is -2.41. The fraction of sp³-hybridized carbons (Fsp3) is 0.333. The average Bonchev–Trinajstić information content (AvgIpc) is 2.67. The van der Waals surface area contributed by atoms with Crippen molar-refractivity contribution in [1.29, 1.82) is 0 Å². The standard InChI is InChI=1S/C21H24N2O3/c1-3-16-8-10-17(11-9-16)14-22(2)20(24)12-13-23-18-6-4-5-7-19(18)26-15-21(23)25/h4-11H,3,12-15H2,1-2H3. The molecule has 0 saturated carbocycles. The first kappa shape index (κ1) is 18.0. The minimum absolute atomic E-state index is 0.0151. The number of anilines is 1. The number of ether oxygens (including phenoxy) is 1. The first-order valence-electron chi connectivity index (χ1n) is 8.92. The molecular weight excluding hydrogens is 328 g/mol. The zero-order chi connectivity index (χ0) is 18.5. The lowest BCUT2D eigenvalue weighted by Gasteiger charge is -2.29. The monoisotopic (exact) mass is 352 g/mol. The predicted molar refractivity (Wildman–Crippen MR) is 101 cm³/mol. The Morgan fingerprint density at radius 2 is 1.81 bits per heavy atom. The van der Waals surface area contributed by atoms with Gasteiger partial charge in [-0.2, -0.15) is 0 Å². The second kappa shape index (κ2) is 8.04. The molecule has 0 aliphatic carbocycles. The molecule has 3 rings (SSSR count). The Kier molecular flexibility index (Phi) is 5.56. The van der Waals surface area contributed by atoms with Crippen molar-refractivity contribution in [1.82, 2.24) is 4.90 Å². The van der Waals surface area contributed by atoms with Crippen LogP contribution in [-0.4, -0.2) is 36.9 Å². The van der Waals surface area contributed by atoms with Crippen LogP contribution in [0.4, 0.5) is 5.69 Å². The van der Waals surface area contributed by atoms with E-state index in [0.717, 1.165) is 17.7 Å². The number of carbonyl (C=O) groups is 2. The first-order chi connectivity index (χ1) is 12.6.